The lowest BCUT2D eigenvalue weighted by Gasteiger charge is -2.40. The molecule has 1 aliphatic heterocycles. The van der Waals surface area contributed by atoms with Gasteiger partial charge in [0.25, 0.3) is 0 Å². The van der Waals surface area contributed by atoms with Gasteiger partial charge in [0.2, 0.25) is 0 Å². The van der Waals surface area contributed by atoms with Crippen LogP contribution in [0.5, 0.6) is 5.75 Å². The van der Waals surface area contributed by atoms with E-state index in [2.05, 4.69) is 61.2 Å². The maximum atomic E-state index is 11.3. The molecule has 1 saturated heterocycles. The lowest BCUT2D eigenvalue weighted by atomic mass is 9.75. The lowest BCUT2D eigenvalue weighted by molar-refractivity contribution is -0.0174. The summed E-state index contributed by atoms with van der Waals surface area (Å²) in [7, 11) is -0.358. The third-order valence-electron chi connectivity index (χ3n) is 8.59. The van der Waals surface area contributed by atoms with E-state index in [0.717, 1.165) is 11.3 Å². The molecule has 206 valence electrons. The molecule has 0 amide bonds. The van der Waals surface area contributed by atoms with Gasteiger partial charge in [-0.15, -0.1) is 6.58 Å². The monoisotopic (exact) mass is 522 g/mol. The topological polar surface area (TPSA) is 80.7 Å². The molecule has 7 heteroatoms. The van der Waals surface area contributed by atoms with Crippen LogP contribution in [0.4, 0.5) is 0 Å². The minimum absolute atomic E-state index is 0.0142. The van der Waals surface area contributed by atoms with Gasteiger partial charge >= 0.3 is 0 Å². The Hall–Kier alpha value is -1.22. The highest BCUT2D eigenvalue weighted by molar-refractivity contribution is 6.74. The van der Waals surface area contributed by atoms with Gasteiger partial charge in [-0.3, -0.25) is 0 Å². The Morgan fingerprint density at radius 2 is 1.78 bits per heavy atom. The highest BCUT2D eigenvalue weighted by atomic mass is 28.4. The molecule has 0 aliphatic carbocycles. The van der Waals surface area contributed by atoms with Gasteiger partial charge in [0.1, 0.15) is 5.75 Å². The third kappa shape index (κ3) is 7.42. The van der Waals surface area contributed by atoms with Crippen molar-refractivity contribution in [2.24, 2.45) is 23.7 Å². The van der Waals surface area contributed by atoms with Crippen LogP contribution in [0, 0.1) is 23.7 Å². The van der Waals surface area contributed by atoms with Crippen LogP contribution in [0.2, 0.25) is 18.1 Å². The fourth-order valence-electron chi connectivity index (χ4n) is 4.58. The molecular formula is C29H50O6Si. The van der Waals surface area contributed by atoms with Crippen LogP contribution in [0.25, 0.3) is 0 Å². The van der Waals surface area contributed by atoms with E-state index in [9.17, 15) is 10.2 Å². The molecule has 0 bridgehead atoms. The Bertz CT molecular complexity index is 820. The number of hydrogen-bond acceptors (Lipinski definition) is 6. The van der Waals surface area contributed by atoms with Crippen LogP contribution < -0.4 is 4.74 Å². The molecule has 1 heterocycles. The quantitative estimate of drug-likeness (QED) is 0.181. The molecule has 2 rings (SSSR count). The summed E-state index contributed by atoms with van der Waals surface area (Å²) in [5.41, 5.74) is 0.702. The van der Waals surface area contributed by atoms with Crippen molar-refractivity contribution in [2.75, 3.05) is 26.9 Å². The first-order valence-electron chi connectivity index (χ1n) is 13.2. The van der Waals surface area contributed by atoms with Gasteiger partial charge < -0.3 is 28.8 Å². The van der Waals surface area contributed by atoms with E-state index in [1.165, 1.54) is 0 Å². The number of benzene rings is 1. The Balaban J connectivity index is 2.04. The summed E-state index contributed by atoms with van der Waals surface area (Å²) in [5.74, 6) is 0.434. The summed E-state index contributed by atoms with van der Waals surface area (Å²) >= 11 is 0. The van der Waals surface area contributed by atoms with Gasteiger partial charge in [-0.2, -0.15) is 0 Å². The number of rotatable bonds is 15. The zero-order valence-corrected chi connectivity index (χ0v) is 24.9. The molecule has 1 aromatic carbocycles. The van der Waals surface area contributed by atoms with Crippen LogP contribution in [-0.4, -0.2) is 63.3 Å². The summed E-state index contributed by atoms with van der Waals surface area (Å²) < 4.78 is 24.1. The van der Waals surface area contributed by atoms with Crippen molar-refractivity contribution < 1.29 is 28.8 Å². The van der Waals surface area contributed by atoms with Crippen LogP contribution in [-0.2, 0) is 20.5 Å². The number of aliphatic hydroxyl groups is 2. The number of hydrogen-bond donors (Lipinski definition) is 2. The Morgan fingerprint density at radius 1 is 1.17 bits per heavy atom. The first kappa shape index (κ1) is 31.0. The Labute approximate surface area is 220 Å². The smallest absolute Gasteiger partial charge is 0.191 e. The number of epoxide rings is 1. The van der Waals surface area contributed by atoms with E-state index in [0.29, 0.717) is 19.8 Å². The number of ether oxygens (including phenoxy) is 3. The third-order valence-corrected chi connectivity index (χ3v) is 13.1. The summed E-state index contributed by atoms with van der Waals surface area (Å²) in [6.45, 7) is 22.7. The molecule has 7 atom stereocenters. The lowest BCUT2D eigenvalue weighted by Crippen LogP contribution is -2.47. The second-order valence-corrected chi connectivity index (χ2v) is 17.0. The van der Waals surface area contributed by atoms with E-state index in [1.54, 1.807) is 13.2 Å². The molecule has 1 aliphatic rings. The van der Waals surface area contributed by atoms with E-state index >= 15 is 0 Å². The highest BCUT2D eigenvalue weighted by Gasteiger charge is 2.60. The fraction of sp³-hybridized carbons (Fsp3) is 0.724. The van der Waals surface area contributed by atoms with E-state index in [4.69, 9.17) is 18.6 Å². The maximum absolute atomic E-state index is 11.3. The average Bonchev–Trinajstić information content (AvgIpc) is 3.52. The van der Waals surface area contributed by atoms with Crippen molar-refractivity contribution >= 4 is 8.32 Å². The molecular weight excluding hydrogens is 472 g/mol. The van der Waals surface area contributed by atoms with Gasteiger partial charge in [-0.25, -0.2) is 0 Å². The average molecular weight is 523 g/mol. The second kappa shape index (κ2) is 12.5. The predicted octanol–water partition coefficient (Wildman–Crippen LogP) is 5.43. The first-order valence-corrected chi connectivity index (χ1v) is 16.1. The minimum Gasteiger partial charge on any atom is -0.497 e. The summed E-state index contributed by atoms with van der Waals surface area (Å²) in [4.78, 5) is 0. The SMILES string of the molecule is C=C[C@@H](CO)[C@@H](O)[C@H](CO[Si](C)(C)C(C)(C)C)[C@H](C)[C@@]1(C)O[C@@H]1[C@@H](C)COCc1ccc(OC)cc1. The van der Waals surface area contributed by atoms with E-state index in [-0.39, 0.29) is 35.5 Å². The van der Waals surface area contributed by atoms with Gasteiger partial charge in [0.15, 0.2) is 8.32 Å². The molecule has 0 radical (unpaired) electrons. The molecule has 0 unspecified atom stereocenters. The normalized spacial score (nSPS) is 24.5. The molecule has 2 N–H and O–H groups in total. The number of aliphatic hydroxyl groups excluding tert-OH is 2. The molecule has 0 spiro atoms. The molecule has 1 fully saturated rings. The zero-order chi connectivity index (χ0) is 27.3. The van der Waals surface area contributed by atoms with Crippen molar-refractivity contribution in [1.82, 2.24) is 0 Å². The fourth-order valence-corrected chi connectivity index (χ4v) is 5.63. The van der Waals surface area contributed by atoms with Crippen molar-refractivity contribution in [3.8, 4) is 5.75 Å². The summed E-state index contributed by atoms with van der Waals surface area (Å²) in [5, 5.41) is 21.2. The Morgan fingerprint density at radius 3 is 2.28 bits per heavy atom. The van der Waals surface area contributed by atoms with Gasteiger partial charge in [0.05, 0.1) is 44.7 Å². The predicted molar refractivity (Wildman–Crippen MR) is 148 cm³/mol. The van der Waals surface area contributed by atoms with Crippen LogP contribution >= 0.6 is 0 Å². The van der Waals surface area contributed by atoms with Crippen molar-refractivity contribution in [3.05, 3.63) is 42.5 Å². The van der Waals surface area contributed by atoms with Crippen molar-refractivity contribution in [2.45, 2.75) is 84.1 Å². The van der Waals surface area contributed by atoms with Crippen LogP contribution in [0.15, 0.2) is 36.9 Å². The number of methoxy groups -OCH3 is 1. The maximum Gasteiger partial charge on any atom is 0.191 e. The minimum atomic E-state index is -2.02. The van der Waals surface area contributed by atoms with Crippen molar-refractivity contribution in [3.63, 3.8) is 0 Å². The highest BCUT2D eigenvalue weighted by Crippen LogP contribution is 2.50. The molecule has 6 nitrogen and oxygen atoms in total. The molecule has 36 heavy (non-hydrogen) atoms. The van der Waals surface area contributed by atoms with Gasteiger partial charge in [-0.05, 0) is 48.7 Å². The standard InChI is InChI=1S/C29H50O6Si/c1-11-23(16-30)26(31)25(19-34-36(9,10)28(4,5)6)21(3)29(7)27(35-29)20(2)17-33-18-22-12-14-24(32-8)15-13-22/h11-15,20-21,23,25-27,30-31H,1,16-19H2,2-10H3/t20-,21-,23-,25+,26+,27+,29+/m0/s1. The molecule has 1 aromatic rings. The molecule has 0 aromatic heterocycles. The van der Waals surface area contributed by atoms with Crippen molar-refractivity contribution in [1.29, 1.82) is 0 Å². The second-order valence-electron chi connectivity index (χ2n) is 12.2. The van der Waals surface area contributed by atoms with Crippen LogP contribution in [0.1, 0.15) is 47.1 Å². The zero-order valence-electron chi connectivity index (χ0n) is 23.9. The molecule has 0 saturated carbocycles. The van der Waals surface area contributed by atoms with Crippen LogP contribution in [0.3, 0.4) is 0 Å². The van der Waals surface area contributed by atoms with E-state index in [1.807, 2.05) is 24.3 Å². The van der Waals surface area contributed by atoms with E-state index < -0.39 is 25.9 Å². The summed E-state index contributed by atoms with van der Waals surface area (Å²) in [6.07, 6.45) is 0.901. The van der Waals surface area contributed by atoms with Gasteiger partial charge in [-0.1, -0.05) is 52.8 Å². The Kier molecular flexibility index (Phi) is 10.8. The largest absolute Gasteiger partial charge is 0.497 e. The van der Waals surface area contributed by atoms with Gasteiger partial charge in [0, 0.05) is 24.4 Å². The summed E-state index contributed by atoms with van der Waals surface area (Å²) in [6, 6.07) is 7.89. The first-order chi connectivity index (χ1) is 16.7.